The Morgan fingerprint density at radius 3 is 2.83 bits per heavy atom. The lowest BCUT2D eigenvalue weighted by atomic mass is 10.0. The van der Waals surface area contributed by atoms with Crippen molar-refractivity contribution in [2.45, 2.75) is 6.42 Å². The van der Waals surface area contributed by atoms with E-state index in [0.717, 1.165) is 22.2 Å². The van der Waals surface area contributed by atoms with Gasteiger partial charge >= 0.3 is 0 Å². The summed E-state index contributed by atoms with van der Waals surface area (Å²) in [6, 6.07) is 13.2. The maximum Gasteiger partial charge on any atom is 0.246 e. The van der Waals surface area contributed by atoms with Crippen LogP contribution in [0.1, 0.15) is 6.42 Å². The summed E-state index contributed by atoms with van der Waals surface area (Å²) in [5, 5.41) is 18.3. The molecule has 152 valence electrons. The summed E-state index contributed by atoms with van der Waals surface area (Å²) in [6.07, 6.45) is 2.28. The van der Waals surface area contributed by atoms with Crippen molar-refractivity contribution in [2.24, 2.45) is 5.92 Å². The van der Waals surface area contributed by atoms with Gasteiger partial charge in [0, 0.05) is 29.0 Å². The van der Waals surface area contributed by atoms with Crippen LogP contribution in [0.3, 0.4) is 0 Å². The molecule has 2 aromatic carbocycles. The fourth-order valence-corrected chi connectivity index (χ4v) is 3.25. The molecule has 5 rings (SSSR count). The highest BCUT2D eigenvalue weighted by Crippen LogP contribution is 2.23. The first kappa shape index (κ1) is 18.3. The molecule has 1 aliphatic heterocycles. The van der Waals surface area contributed by atoms with Gasteiger partial charge in [-0.05, 0) is 42.5 Å². The summed E-state index contributed by atoms with van der Waals surface area (Å²) in [5.74, 6) is 2.18. The standard InChI is InChI=1S/C21H20N6O3/c28-17(7-13-10-29-11-13)12-30-18-4-1-14(2-5-18)20-24-21(27-26-20)23-16-3-6-19-15(8-16)9-22-25-19/h1-6,8-9,13H,7,10-12H2,(H,22,25)(H2,23,24,26,27). The zero-order valence-electron chi connectivity index (χ0n) is 16.1. The van der Waals surface area contributed by atoms with Gasteiger partial charge in [-0.15, -0.1) is 5.10 Å². The number of hydrogen-bond donors (Lipinski definition) is 3. The van der Waals surface area contributed by atoms with Crippen molar-refractivity contribution in [2.75, 3.05) is 25.1 Å². The van der Waals surface area contributed by atoms with Gasteiger partial charge < -0.3 is 14.8 Å². The van der Waals surface area contributed by atoms with E-state index in [0.29, 0.717) is 43.1 Å². The van der Waals surface area contributed by atoms with Gasteiger partial charge in [0.2, 0.25) is 5.95 Å². The lowest BCUT2D eigenvalue weighted by molar-refractivity contribution is -0.126. The number of ketones is 1. The van der Waals surface area contributed by atoms with Crippen LogP contribution in [0.5, 0.6) is 5.75 Å². The molecule has 0 aliphatic carbocycles. The molecule has 30 heavy (non-hydrogen) atoms. The van der Waals surface area contributed by atoms with Crippen LogP contribution in [0.15, 0.2) is 48.7 Å². The number of benzene rings is 2. The quantitative estimate of drug-likeness (QED) is 0.413. The topological polar surface area (TPSA) is 118 Å². The summed E-state index contributed by atoms with van der Waals surface area (Å²) in [4.78, 5) is 16.4. The van der Waals surface area contributed by atoms with Gasteiger partial charge in [-0.1, -0.05) is 0 Å². The smallest absolute Gasteiger partial charge is 0.246 e. The molecular formula is C21H20N6O3. The number of aromatic nitrogens is 5. The predicted octanol–water partition coefficient (Wildman–Crippen LogP) is 3.08. The van der Waals surface area contributed by atoms with Crippen LogP contribution < -0.4 is 10.1 Å². The van der Waals surface area contributed by atoms with Gasteiger partial charge in [0.15, 0.2) is 11.6 Å². The molecule has 9 nitrogen and oxygen atoms in total. The van der Waals surface area contributed by atoms with Gasteiger partial charge in [-0.3, -0.25) is 15.0 Å². The number of fused-ring (bicyclic) bond motifs is 1. The minimum atomic E-state index is 0.0766. The SMILES string of the molecule is O=C(COc1ccc(-c2nc(Nc3ccc4[nH]ncc4c3)n[nH]2)cc1)CC1COC1. The molecule has 2 aromatic heterocycles. The van der Waals surface area contributed by atoms with Gasteiger partial charge in [0.25, 0.3) is 0 Å². The average molecular weight is 404 g/mol. The number of carbonyl (C=O) groups is 1. The van der Waals surface area contributed by atoms with Crippen LogP contribution >= 0.6 is 0 Å². The van der Waals surface area contributed by atoms with Crippen molar-refractivity contribution in [1.29, 1.82) is 0 Å². The highest BCUT2D eigenvalue weighted by molar-refractivity contribution is 5.82. The number of H-pyrrole nitrogens is 2. The first-order valence-electron chi connectivity index (χ1n) is 9.68. The molecule has 0 amide bonds. The number of ether oxygens (including phenoxy) is 2. The number of hydrogen-bond acceptors (Lipinski definition) is 7. The molecule has 0 bridgehead atoms. The first-order chi connectivity index (χ1) is 14.7. The number of nitrogens with one attached hydrogen (secondary N) is 3. The number of nitrogens with zero attached hydrogens (tertiary/aromatic N) is 3. The molecule has 0 unspecified atom stereocenters. The van der Waals surface area contributed by atoms with E-state index in [1.807, 2.05) is 42.5 Å². The Kier molecular flexibility index (Phi) is 4.86. The van der Waals surface area contributed by atoms with Crippen molar-refractivity contribution in [3.63, 3.8) is 0 Å². The number of anilines is 2. The maximum absolute atomic E-state index is 11.9. The van der Waals surface area contributed by atoms with Crippen molar-refractivity contribution in [1.82, 2.24) is 25.4 Å². The predicted molar refractivity (Wildman–Crippen MR) is 111 cm³/mol. The monoisotopic (exact) mass is 404 g/mol. The lowest BCUT2D eigenvalue weighted by Crippen LogP contribution is -2.31. The Hall–Kier alpha value is -3.72. The van der Waals surface area contributed by atoms with Crippen LogP contribution in [-0.2, 0) is 9.53 Å². The molecule has 9 heteroatoms. The van der Waals surface area contributed by atoms with Crippen molar-refractivity contribution in [3.8, 4) is 17.1 Å². The number of rotatable bonds is 8. The zero-order chi connectivity index (χ0) is 20.3. The molecule has 0 saturated carbocycles. The van der Waals surface area contributed by atoms with Crippen molar-refractivity contribution < 1.29 is 14.3 Å². The van der Waals surface area contributed by atoms with Crippen molar-refractivity contribution >= 4 is 28.3 Å². The van der Waals surface area contributed by atoms with Crippen LogP contribution in [0.4, 0.5) is 11.6 Å². The van der Waals surface area contributed by atoms with E-state index in [-0.39, 0.29) is 12.4 Å². The number of Topliss-reactive ketones (excluding diaryl/α,β-unsaturated/α-hetero) is 1. The van der Waals surface area contributed by atoms with E-state index in [1.165, 1.54) is 0 Å². The minimum Gasteiger partial charge on any atom is -0.486 e. The second-order valence-corrected chi connectivity index (χ2v) is 7.26. The molecular weight excluding hydrogens is 384 g/mol. The Morgan fingerprint density at radius 1 is 1.17 bits per heavy atom. The van der Waals surface area contributed by atoms with Crippen LogP contribution in [0.2, 0.25) is 0 Å². The largest absolute Gasteiger partial charge is 0.486 e. The van der Waals surface area contributed by atoms with E-state index < -0.39 is 0 Å². The number of carbonyl (C=O) groups excluding carboxylic acids is 1. The van der Waals surface area contributed by atoms with Gasteiger partial charge in [0.05, 0.1) is 24.9 Å². The molecule has 1 saturated heterocycles. The molecule has 3 N–H and O–H groups in total. The molecule has 0 atom stereocenters. The third-order valence-corrected chi connectivity index (χ3v) is 4.93. The molecule has 4 aromatic rings. The molecule has 3 heterocycles. The van der Waals surface area contributed by atoms with Gasteiger partial charge in [0.1, 0.15) is 12.4 Å². The van der Waals surface area contributed by atoms with Crippen LogP contribution in [0, 0.1) is 5.92 Å². The van der Waals surface area contributed by atoms with E-state index in [2.05, 4.69) is 30.7 Å². The van der Waals surface area contributed by atoms with E-state index in [9.17, 15) is 4.79 Å². The molecule has 1 fully saturated rings. The van der Waals surface area contributed by atoms with Crippen LogP contribution in [-0.4, -0.2) is 51.0 Å². The average Bonchev–Trinajstić information content (AvgIpc) is 3.39. The summed E-state index contributed by atoms with van der Waals surface area (Å²) in [6.45, 7) is 1.42. The van der Waals surface area contributed by atoms with Crippen molar-refractivity contribution in [3.05, 3.63) is 48.7 Å². The number of aromatic amines is 2. The highest BCUT2D eigenvalue weighted by atomic mass is 16.5. The Balaban J connectivity index is 1.19. The lowest BCUT2D eigenvalue weighted by Gasteiger charge is -2.24. The molecule has 1 aliphatic rings. The molecule has 0 radical (unpaired) electrons. The third kappa shape index (κ3) is 4.01. The Bertz CT molecular complexity index is 1160. The van der Waals surface area contributed by atoms with E-state index in [4.69, 9.17) is 9.47 Å². The Labute approximate surface area is 171 Å². The van der Waals surface area contributed by atoms with Gasteiger partial charge in [-0.2, -0.15) is 10.1 Å². The zero-order valence-corrected chi connectivity index (χ0v) is 16.1. The highest BCUT2D eigenvalue weighted by Gasteiger charge is 2.21. The summed E-state index contributed by atoms with van der Waals surface area (Å²) >= 11 is 0. The van der Waals surface area contributed by atoms with Crippen LogP contribution in [0.25, 0.3) is 22.3 Å². The maximum atomic E-state index is 11.9. The minimum absolute atomic E-state index is 0.0766. The summed E-state index contributed by atoms with van der Waals surface area (Å²) < 4.78 is 10.7. The fourth-order valence-electron chi connectivity index (χ4n) is 3.25. The molecule has 0 spiro atoms. The second kappa shape index (κ2) is 7.96. The Morgan fingerprint density at radius 2 is 2.03 bits per heavy atom. The first-order valence-corrected chi connectivity index (χ1v) is 9.68. The van der Waals surface area contributed by atoms with E-state index in [1.54, 1.807) is 6.20 Å². The second-order valence-electron chi connectivity index (χ2n) is 7.26. The fraction of sp³-hybridized carbons (Fsp3) is 0.238. The van der Waals surface area contributed by atoms with Gasteiger partial charge in [-0.25, -0.2) is 0 Å². The third-order valence-electron chi connectivity index (χ3n) is 4.93. The van der Waals surface area contributed by atoms with E-state index >= 15 is 0 Å². The summed E-state index contributed by atoms with van der Waals surface area (Å²) in [5.41, 5.74) is 2.71. The normalized spacial score (nSPS) is 13.9. The summed E-state index contributed by atoms with van der Waals surface area (Å²) in [7, 11) is 0.